The number of hydrogen-bond acceptors (Lipinski definition) is 3. The second-order valence-electron chi connectivity index (χ2n) is 4.13. The first kappa shape index (κ1) is 11.0. The molecule has 4 heteroatoms. The summed E-state index contributed by atoms with van der Waals surface area (Å²) in [6.07, 6.45) is 1.22. The fourth-order valence-corrected chi connectivity index (χ4v) is 2.00. The average molecular weight is 220 g/mol. The minimum absolute atomic E-state index is 0.0862. The van der Waals surface area contributed by atoms with Gasteiger partial charge in [-0.15, -0.1) is 0 Å². The number of benzene rings is 1. The van der Waals surface area contributed by atoms with Crippen LogP contribution in [0.1, 0.15) is 23.2 Å². The van der Waals surface area contributed by atoms with Crippen LogP contribution in [0.5, 0.6) is 0 Å². The van der Waals surface area contributed by atoms with E-state index < -0.39 is 6.10 Å². The summed E-state index contributed by atoms with van der Waals surface area (Å²) in [5.74, 6) is -0.0862. The Kier molecular flexibility index (Phi) is 3.10. The summed E-state index contributed by atoms with van der Waals surface area (Å²) in [5.41, 5.74) is 6.77. The highest BCUT2D eigenvalue weighted by Gasteiger charge is 2.23. The third kappa shape index (κ3) is 2.17. The van der Waals surface area contributed by atoms with Crippen molar-refractivity contribution in [1.82, 2.24) is 4.90 Å². The number of aliphatic hydroxyl groups is 1. The number of para-hydroxylation sites is 1. The molecule has 0 bridgehead atoms. The molecule has 0 unspecified atom stereocenters. The lowest BCUT2D eigenvalue weighted by atomic mass is 10.1. The highest BCUT2D eigenvalue weighted by molar-refractivity contribution is 5.99. The maximum atomic E-state index is 12.1. The predicted octanol–water partition coefficient (Wildman–Crippen LogP) is 0.866. The minimum atomic E-state index is -0.400. The Hall–Kier alpha value is -1.55. The van der Waals surface area contributed by atoms with E-state index in [1.54, 1.807) is 29.2 Å². The summed E-state index contributed by atoms with van der Waals surface area (Å²) in [5, 5.41) is 9.52. The standard InChI is InChI=1S/C12H16N2O2/c13-11-6-2-1-5-10(11)12(16)14-7-3-4-9(15)8-14/h1-2,5-6,9,15H,3-4,7-8,13H2/t9-/m0/s1. The van der Waals surface area contributed by atoms with E-state index in [1.165, 1.54) is 0 Å². The molecule has 3 N–H and O–H groups in total. The van der Waals surface area contributed by atoms with Gasteiger partial charge in [-0.05, 0) is 25.0 Å². The number of rotatable bonds is 1. The summed E-state index contributed by atoms with van der Waals surface area (Å²) >= 11 is 0. The van der Waals surface area contributed by atoms with Crippen molar-refractivity contribution < 1.29 is 9.90 Å². The van der Waals surface area contributed by atoms with Crippen LogP contribution in [-0.2, 0) is 0 Å². The van der Waals surface area contributed by atoms with E-state index in [0.717, 1.165) is 12.8 Å². The molecule has 2 rings (SSSR count). The number of aliphatic hydroxyl groups excluding tert-OH is 1. The van der Waals surface area contributed by atoms with Gasteiger partial charge in [0.1, 0.15) is 0 Å². The number of carbonyl (C=O) groups excluding carboxylic acids is 1. The van der Waals surface area contributed by atoms with E-state index in [0.29, 0.717) is 24.3 Å². The Morgan fingerprint density at radius 1 is 1.44 bits per heavy atom. The van der Waals surface area contributed by atoms with Crippen molar-refractivity contribution in [1.29, 1.82) is 0 Å². The Balaban J connectivity index is 2.16. The molecule has 16 heavy (non-hydrogen) atoms. The molecule has 0 aromatic heterocycles. The van der Waals surface area contributed by atoms with Crippen LogP contribution in [0.25, 0.3) is 0 Å². The molecule has 0 aliphatic carbocycles. The van der Waals surface area contributed by atoms with Gasteiger partial charge < -0.3 is 15.7 Å². The van der Waals surface area contributed by atoms with Gasteiger partial charge in [0.25, 0.3) is 5.91 Å². The van der Waals surface area contributed by atoms with E-state index in [1.807, 2.05) is 0 Å². The van der Waals surface area contributed by atoms with Crippen LogP contribution >= 0.6 is 0 Å². The number of carbonyl (C=O) groups is 1. The zero-order valence-electron chi connectivity index (χ0n) is 9.10. The molecule has 1 fully saturated rings. The number of β-amino-alcohol motifs (C(OH)–C–C–N with tert-alkyl or cyclic N) is 1. The maximum absolute atomic E-state index is 12.1. The van der Waals surface area contributed by atoms with Gasteiger partial charge in [-0.3, -0.25) is 4.79 Å². The molecule has 1 aliphatic rings. The van der Waals surface area contributed by atoms with Crippen LogP contribution in [0.2, 0.25) is 0 Å². The van der Waals surface area contributed by atoms with Gasteiger partial charge in [0.15, 0.2) is 0 Å². The number of anilines is 1. The smallest absolute Gasteiger partial charge is 0.256 e. The van der Waals surface area contributed by atoms with Gasteiger partial charge in [0.2, 0.25) is 0 Å². The van der Waals surface area contributed by atoms with Gasteiger partial charge in [-0.2, -0.15) is 0 Å². The van der Waals surface area contributed by atoms with Gasteiger partial charge >= 0.3 is 0 Å². The average Bonchev–Trinajstić information content (AvgIpc) is 2.29. The summed E-state index contributed by atoms with van der Waals surface area (Å²) < 4.78 is 0. The summed E-state index contributed by atoms with van der Waals surface area (Å²) in [4.78, 5) is 13.8. The van der Waals surface area contributed by atoms with E-state index >= 15 is 0 Å². The number of piperidine rings is 1. The van der Waals surface area contributed by atoms with E-state index in [2.05, 4.69) is 0 Å². The second-order valence-corrected chi connectivity index (χ2v) is 4.13. The summed E-state index contributed by atoms with van der Waals surface area (Å²) in [6.45, 7) is 1.11. The van der Waals surface area contributed by atoms with Crippen LogP contribution < -0.4 is 5.73 Å². The second kappa shape index (κ2) is 4.53. The number of likely N-dealkylation sites (tertiary alicyclic amines) is 1. The zero-order valence-corrected chi connectivity index (χ0v) is 9.10. The quantitative estimate of drug-likeness (QED) is 0.690. The predicted molar refractivity (Wildman–Crippen MR) is 62.0 cm³/mol. The van der Waals surface area contributed by atoms with E-state index in [-0.39, 0.29) is 5.91 Å². The molecule has 1 heterocycles. The number of amides is 1. The first-order chi connectivity index (χ1) is 7.68. The van der Waals surface area contributed by atoms with E-state index in [9.17, 15) is 9.90 Å². The molecule has 1 amide bonds. The van der Waals surface area contributed by atoms with E-state index in [4.69, 9.17) is 5.73 Å². The van der Waals surface area contributed by atoms with Crippen molar-refractivity contribution in [3.8, 4) is 0 Å². The molecule has 1 aromatic carbocycles. The molecular weight excluding hydrogens is 204 g/mol. The molecule has 0 spiro atoms. The van der Waals surface area contributed by atoms with Gasteiger partial charge in [-0.1, -0.05) is 12.1 Å². The lowest BCUT2D eigenvalue weighted by Crippen LogP contribution is -2.42. The lowest BCUT2D eigenvalue weighted by Gasteiger charge is -2.30. The van der Waals surface area contributed by atoms with Crippen LogP contribution in [-0.4, -0.2) is 35.1 Å². The molecular formula is C12H16N2O2. The largest absolute Gasteiger partial charge is 0.398 e. The Morgan fingerprint density at radius 2 is 2.19 bits per heavy atom. The molecule has 1 atom stereocenters. The topological polar surface area (TPSA) is 66.6 Å². The molecule has 1 saturated heterocycles. The van der Waals surface area contributed by atoms with Crippen molar-refractivity contribution in [2.45, 2.75) is 18.9 Å². The molecule has 86 valence electrons. The fourth-order valence-electron chi connectivity index (χ4n) is 2.00. The van der Waals surface area contributed by atoms with Crippen molar-refractivity contribution in [2.75, 3.05) is 18.8 Å². The zero-order chi connectivity index (χ0) is 11.5. The summed E-state index contributed by atoms with van der Waals surface area (Å²) in [6, 6.07) is 7.04. The van der Waals surface area contributed by atoms with Crippen molar-refractivity contribution >= 4 is 11.6 Å². The van der Waals surface area contributed by atoms with Crippen molar-refractivity contribution in [3.05, 3.63) is 29.8 Å². The van der Waals surface area contributed by atoms with Crippen molar-refractivity contribution in [3.63, 3.8) is 0 Å². The minimum Gasteiger partial charge on any atom is -0.398 e. The third-order valence-electron chi connectivity index (χ3n) is 2.87. The molecule has 1 aromatic rings. The number of nitrogens with zero attached hydrogens (tertiary/aromatic N) is 1. The molecule has 0 radical (unpaired) electrons. The highest BCUT2D eigenvalue weighted by atomic mass is 16.3. The SMILES string of the molecule is Nc1ccccc1C(=O)N1CCC[C@H](O)C1. The third-order valence-corrected chi connectivity index (χ3v) is 2.87. The normalized spacial score (nSPS) is 20.8. The van der Waals surface area contributed by atoms with Gasteiger partial charge in [0.05, 0.1) is 11.7 Å². The number of nitrogen functional groups attached to an aromatic ring is 1. The van der Waals surface area contributed by atoms with Crippen LogP contribution in [0, 0.1) is 0 Å². The van der Waals surface area contributed by atoms with Gasteiger partial charge in [-0.25, -0.2) is 0 Å². The van der Waals surface area contributed by atoms with Crippen LogP contribution in [0.15, 0.2) is 24.3 Å². The van der Waals surface area contributed by atoms with Crippen LogP contribution in [0.3, 0.4) is 0 Å². The molecule has 1 aliphatic heterocycles. The monoisotopic (exact) mass is 220 g/mol. The van der Waals surface area contributed by atoms with Gasteiger partial charge in [0, 0.05) is 18.8 Å². The van der Waals surface area contributed by atoms with Crippen molar-refractivity contribution in [2.24, 2.45) is 0 Å². The van der Waals surface area contributed by atoms with Crippen LogP contribution in [0.4, 0.5) is 5.69 Å². The fraction of sp³-hybridized carbons (Fsp3) is 0.417. The Labute approximate surface area is 94.7 Å². The lowest BCUT2D eigenvalue weighted by molar-refractivity contribution is 0.0474. The Bertz CT molecular complexity index is 392. The highest BCUT2D eigenvalue weighted by Crippen LogP contribution is 2.17. The number of hydrogen-bond donors (Lipinski definition) is 2. The first-order valence-electron chi connectivity index (χ1n) is 5.50. The number of nitrogens with two attached hydrogens (primary N) is 1. The Morgan fingerprint density at radius 3 is 2.88 bits per heavy atom. The first-order valence-corrected chi connectivity index (χ1v) is 5.50. The summed E-state index contributed by atoms with van der Waals surface area (Å²) in [7, 11) is 0. The molecule has 4 nitrogen and oxygen atoms in total. The maximum Gasteiger partial charge on any atom is 0.256 e. The molecule has 0 saturated carbocycles.